The molecule has 2 amide bonds. The van der Waals surface area contributed by atoms with E-state index in [1.807, 2.05) is 16.8 Å². The number of rotatable bonds is 5. The highest BCUT2D eigenvalue weighted by atomic mass is 35.5. The molecule has 2 N–H and O–H groups in total. The zero-order valence-corrected chi connectivity index (χ0v) is 13.4. The van der Waals surface area contributed by atoms with E-state index >= 15 is 0 Å². The highest BCUT2D eigenvalue weighted by Crippen LogP contribution is 2.23. The van der Waals surface area contributed by atoms with Crippen molar-refractivity contribution >= 4 is 40.4 Å². The number of quaternary nitrogens is 1. The van der Waals surface area contributed by atoms with Crippen molar-refractivity contribution in [2.75, 3.05) is 11.4 Å². The summed E-state index contributed by atoms with van der Waals surface area (Å²) in [5, 5.41) is 4.60. The monoisotopic (exact) mass is 335 g/mol. The number of anilines is 1. The molecule has 0 spiro atoms. The molecule has 3 rings (SSSR count). The van der Waals surface area contributed by atoms with Gasteiger partial charge in [-0.05, 0) is 35.7 Å². The van der Waals surface area contributed by atoms with Crippen LogP contribution in [0.1, 0.15) is 11.3 Å². The highest BCUT2D eigenvalue weighted by Gasteiger charge is 2.41. The summed E-state index contributed by atoms with van der Waals surface area (Å²) < 4.78 is 0. The van der Waals surface area contributed by atoms with E-state index < -0.39 is 0 Å². The summed E-state index contributed by atoms with van der Waals surface area (Å²) in [7, 11) is 0. The molecule has 114 valence electrons. The van der Waals surface area contributed by atoms with Gasteiger partial charge in [0.15, 0.2) is 6.04 Å². The number of imide groups is 1. The molecule has 2 heterocycles. The zero-order chi connectivity index (χ0) is 15.5. The van der Waals surface area contributed by atoms with Crippen molar-refractivity contribution in [1.29, 1.82) is 0 Å². The molecule has 1 fully saturated rings. The molecule has 0 bridgehead atoms. The Labute approximate surface area is 137 Å². The van der Waals surface area contributed by atoms with E-state index in [4.69, 9.17) is 11.6 Å². The quantitative estimate of drug-likeness (QED) is 0.848. The van der Waals surface area contributed by atoms with Crippen LogP contribution in [-0.4, -0.2) is 24.4 Å². The lowest BCUT2D eigenvalue weighted by Crippen LogP contribution is -2.92. The van der Waals surface area contributed by atoms with E-state index in [1.54, 1.807) is 35.6 Å². The third-order valence-electron chi connectivity index (χ3n) is 3.69. The molecule has 1 atom stereocenters. The maximum Gasteiger partial charge on any atom is 0.292 e. The fraction of sp³-hybridized carbons (Fsp3) is 0.250. The zero-order valence-electron chi connectivity index (χ0n) is 11.9. The first-order chi connectivity index (χ1) is 10.6. The minimum absolute atomic E-state index is 0.140. The minimum atomic E-state index is -0.317. The molecule has 22 heavy (non-hydrogen) atoms. The van der Waals surface area contributed by atoms with Gasteiger partial charge in [-0.15, -0.1) is 11.3 Å². The molecular weight excluding hydrogens is 320 g/mol. The van der Waals surface area contributed by atoms with Crippen LogP contribution in [0, 0.1) is 0 Å². The van der Waals surface area contributed by atoms with Crippen LogP contribution in [0.5, 0.6) is 0 Å². The van der Waals surface area contributed by atoms with Gasteiger partial charge in [0.25, 0.3) is 5.91 Å². The molecule has 2 aromatic rings. The van der Waals surface area contributed by atoms with Crippen molar-refractivity contribution in [3.05, 3.63) is 51.7 Å². The van der Waals surface area contributed by atoms with E-state index in [9.17, 15) is 9.59 Å². The topological polar surface area (TPSA) is 54.0 Å². The Bertz CT molecular complexity index is 670. The molecule has 6 heteroatoms. The van der Waals surface area contributed by atoms with Crippen molar-refractivity contribution in [3.63, 3.8) is 0 Å². The second kappa shape index (κ2) is 6.60. The molecule has 4 nitrogen and oxygen atoms in total. The maximum absolute atomic E-state index is 12.4. The highest BCUT2D eigenvalue weighted by molar-refractivity contribution is 7.09. The average molecular weight is 336 g/mol. The fourth-order valence-electron chi connectivity index (χ4n) is 2.58. The standard InChI is InChI=1S/C16H15ClN2O2S/c17-11-3-5-12(6-4-11)19-15(20)10-14(16(19)21)18-8-7-13-2-1-9-22-13/h1-6,9,14,18H,7-8,10H2/p+1. The van der Waals surface area contributed by atoms with Gasteiger partial charge in [0, 0.05) is 16.3 Å². The molecule has 1 aromatic heterocycles. The van der Waals surface area contributed by atoms with Crippen LogP contribution in [0.2, 0.25) is 5.02 Å². The number of halogens is 1. The Kier molecular flexibility index (Phi) is 4.57. The predicted molar refractivity (Wildman–Crippen MR) is 87.2 cm³/mol. The summed E-state index contributed by atoms with van der Waals surface area (Å²) in [5.41, 5.74) is 0.591. The van der Waals surface area contributed by atoms with Crippen molar-refractivity contribution in [2.24, 2.45) is 0 Å². The molecule has 0 aliphatic carbocycles. The van der Waals surface area contributed by atoms with Crippen LogP contribution in [0.4, 0.5) is 5.69 Å². The maximum atomic E-state index is 12.4. The van der Waals surface area contributed by atoms with Gasteiger partial charge in [0.2, 0.25) is 5.91 Å². The number of nitrogens with zero attached hydrogens (tertiary/aromatic N) is 1. The van der Waals surface area contributed by atoms with E-state index in [0.29, 0.717) is 10.7 Å². The lowest BCUT2D eigenvalue weighted by atomic mass is 10.2. The lowest BCUT2D eigenvalue weighted by Gasteiger charge is -2.14. The normalized spacial score (nSPS) is 18.2. The molecule has 1 saturated heterocycles. The number of benzene rings is 1. The molecule has 1 aliphatic heterocycles. The van der Waals surface area contributed by atoms with Crippen molar-refractivity contribution < 1.29 is 14.9 Å². The summed E-state index contributed by atoms with van der Waals surface area (Å²) in [6.45, 7) is 0.804. The van der Waals surface area contributed by atoms with Crippen LogP contribution >= 0.6 is 22.9 Å². The second-order valence-corrected chi connectivity index (χ2v) is 6.68. The summed E-state index contributed by atoms with van der Waals surface area (Å²) >= 11 is 7.55. The smallest absolute Gasteiger partial charge is 0.292 e. The van der Waals surface area contributed by atoms with Gasteiger partial charge in [0.05, 0.1) is 18.7 Å². The Hall–Kier alpha value is -1.69. The SMILES string of the molecule is O=C1CC([NH2+]CCc2cccs2)C(=O)N1c1ccc(Cl)cc1. The van der Waals surface area contributed by atoms with Gasteiger partial charge < -0.3 is 5.32 Å². The Morgan fingerprint density at radius 2 is 2.00 bits per heavy atom. The Morgan fingerprint density at radius 1 is 1.23 bits per heavy atom. The van der Waals surface area contributed by atoms with Gasteiger partial charge in [-0.3, -0.25) is 9.59 Å². The van der Waals surface area contributed by atoms with E-state index in [0.717, 1.165) is 13.0 Å². The van der Waals surface area contributed by atoms with Crippen LogP contribution in [0.15, 0.2) is 41.8 Å². The van der Waals surface area contributed by atoms with Gasteiger partial charge in [-0.1, -0.05) is 17.7 Å². The van der Waals surface area contributed by atoms with E-state index in [-0.39, 0.29) is 24.3 Å². The molecular formula is C16H16ClN2O2S+. The first-order valence-electron chi connectivity index (χ1n) is 7.13. The molecule has 1 aliphatic rings. The number of carbonyl (C=O) groups excluding carboxylic acids is 2. The lowest BCUT2D eigenvalue weighted by molar-refractivity contribution is -0.674. The van der Waals surface area contributed by atoms with Crippen LogP contribution in [0.3, 0.4) is 0 Å². The minimum Gasteiger partial charge on any atom is -0.335 e. The molecule has 0 radical (unpaired) electrons. The Balaban J connectivity index is 1.62. The van der Waals surface area contributed by atoms with Crippen LogP contribution in [0.25, 0.3) is 0 Å². The first-order valence-corrected chi connectivity index (χ1v) is 8.39. The van der Waals surface area contributed by atoms with Gasteiger partial charge in [-0.2, -0.15) is 0 Å². The first kappa shape index (κ1) is 15.2. The van der Waals surface area contributed by atoms with Gasteiger partial charge in [0.1, 0.15) is 0 Å². The average Bonchev–Trinajstić information content (AvgIpc) is 3.10. The largest absolute Gasteiger partial charge is 0.335 e. The third-order valence-corrected chi connectivity index (χ3v) is 4.88. The predicted octanol–water partition coefficient (Wildman–Crippen LogP) is 1.84. The summed E-state index contributed by atoms with van der Waals surface area (Å²) in [6, 6.07) is 10.6. The number of hydrogen-bond acceptors (Lipinski definition) is 3. The molecule has 1 unspecified atom stereocenters. The number of carbonyl (C=O) groups is 2. The number of hydrogen-bond donors (Lipinski definition) is 1. The van der Waals surface area contributed by atoms with Gasteiger partial charge >= 0.3 is 0 Å². The second-order valence-electron chi connectivity index (χ2n) is 5.21. The summed E-state index contributed by atoms with van der Waals surface area (Å²) in [6.07, 6.45) is 1.17. The van der Waals surface area contributed by atoms with E-state index in [2.05, 4.69) is 6.07 Å². The molecule has 0 saturated carbocycles. The van der Waals surface area contributed by atoms with Crippen LogP contribution < -0.4 is 10.2 Å². The van der Waals surface area contributed by atoms with E-state index in [1.165, 1.54) is 9.78 Å². The van der Waals surface area contributed by atoms with Gasteiger partial charge in [-0.25, -0.2) is 4.90 Å². The summed E-state index contributed by atoms with van der Waals surface area (Å²) in [4.78, 5) is 27.1. The Morgan fingerprint density at radius 3 is 2.68 bits per heavy atom. The van der Waals surface area contributed by atoms with Crippen LogP contribution in [-0.2, 0) is 16.0 Å². The number of amides is 2. The fourth-order valence-corrected chi connectivity index (χ4v) is 3.43. The third kappa shape index (κ3) is 3.21. The van der Waals surface area contributed by atoms with Crippen molar-refractivity contribution in [2.45, 2.75) is 18.9 Å². The van der Waals surface area contributed by atoms with Crippen molar-refractivity contribution in [1.82, 2.24) is 0 Å². The number of thiophene rings is 1. The summed E-state index contributed by atoms with van der Waals surface area (Å²) in [5.74, 6) is -0.289. The molecule has 1 aromatic carbocycles. The van der Waals surface area contributed by atoms with Crippen molar-refractivity contribution in [3.8, 4) is 0 Å². The number of nitrogens with two attached hydrogens (primary N) is 1.